The largest absolute Gasteiger partial charge is 0.481 e. The first-order valence-electron chi connectivity index (χ1n) is 4.91. The molecule has 6 heteroatoms. The lowest BCUT2D eigenvalue weighted by atomic mass is 9.94. The van der Waals surface area contributed by atoms with Gasteiger partial charge in [-0.05, 0) is 18.6 Å². The zero-order valence-electron chi connectivity index (χ0n) is 8.97. The number of aliphatic carboxylic acids is 1. The van der Waals surface area contributed by atoms with Gasteiger partial charge in [0.05, 0.1) is 5.92 Å². The number of carboxylic acid groups (broad SMARTS) is 2. The van der Waals surface area contributed by atoms with Gasteiger partial charge in [0.2, 0.25) is 6.79 Å². The van der Waals surface area contributed by atoms with Gasteiger partial charge in [0.15, 0.2) is 11.5 Å². The number of benzene rings is 1. The molecule has 0 aromatic heterocycles. The molecule has 0 fully saturated rings. The Morgan fingerprint density at radius 2 is 2.00 bits per heavy atom. The lowest BCUT2D eigenvalue weighted by Crippen LogP contribution is -2.13. The van der Waals surface area contributed by atoms with Gasteiger partial charge in [-0.2, -0.15) is 0 Å². The van der Waals surface area contributed by atoms with Gasteiger partial charge in [0, 0.05) is 0 Å². The number of carboxylic acids is 2. The lowest BCUT2D eigenvalue weighted by molar-refractivity contribution is -0.138. The van der Waals surface area contributed by atoms with E-state index in [1.54, 1.807) is 0 Å². The summed E-state index contributed by atoms with van der Waals surface area (Å²) in [6, 6.07) is 2.96. The van der Waals surface area contributed by atoms with Crippen molar-refractivity contribution >= 4 is 11.9 Å². The van der Waals surface area contributed by atoms with E-state index in [4.69, 9.17) is 19.7 Å². The molecule has 1 atom stereocenters. The second-order valence-corrected chi connectivity index (χ2v) is 3.63. The van der Waals surface area contributed by atoms with Gasteiger partial charge in [-0.15, -0.1) is 0 Å². The highest BCUT2D eigenvalue weighted by Crippen LogP contribution is 2.39. The molecule has 0 aliphatic carbocycles. The molecule has 1 heterocycles. The number of rotatable bonds is 3. The summed E-state index contributed by atoms with van der Waals surface area (Å²) in [7, 11) is 0. The summed E-state index contributed by atoms with van der Waals surface area (Å²) in [5.41, 5.74) is 0.0594. The van der Waals surface area contributed by atoms with Crippen molar-refractivity contribution in [2.45, 2.75) is 12.8 Å². The van der Waals surface area contributed by atoms with Gasteiger partial charge in [-0.3, -0.25) is 4.79 Å². The van der Waals surface area contributed by atoms with E-state index in [1.165, 1.54) is 19.1 Å². The smallest absolute Gasteiger partial charge is 0.339 e. The van der Waals surface area contributed by atoms with Crippen molar-refractivity contribution in [1.82, 2.24) is 0 Å². The Morgan fingerprint density at radius 1 is 1.29 bits per heavy atom. The molecule has 2 N–H and O–H groups in total. The molecule has 1 aromatic carbocycles. The molecule has 1 aromatic rings. The van der Waals surface area contributed by atoms with Crippen LogP contribution in [-0.4, -0.2) is 28.9 Å². The molecule has 0 spiro atoms. The summed E-state index contributed by atoms with van der Waals surface area (Å²) < 4.78 is 10.1. The second-order valence-electron chi connectivity index (χ2n) is 3.63. The topological polar surface area (TPSA) is 93.1 Å². The van der Waals surface area contributed by atoms with Gasteiger partial charge in [-0.25, -0.2) is 4.79 Å². The summed E-state index contributed by atoms with van der Waals surface area (Å²) in [6.45, 7) is 1.37. The van der Waals surface area contributed by atoms with Crippen molar-refractivity contribution in [2.24, 2.45) is 0 Å². The maximum absolute atomic E-state index is 11.2. The third-order valence-corrected chi connectivity index (χ3v) is 2.62. The Balaban J connectivity index is 2.60. The van der Waals surface area contributed by atoms with Crippen molar-refractivity contribution in [3.63, 3.8) is 0 Å². The molecule has 90 valence electrons. The van der Waals surface area contributed by atoms with E-state index in [2.05, 4.69) is 0 Å². The molecule has 0 saturated carbocycles. The maximum atomic E-state index is 11.2. The molecule has 0 radical (unpaired) electrons. The lowest BCUT2D eigenvalue weighted by Gasteiger charge is -2.12. The number of ether oxygens (including phenoxy) is 2. The number of carbonyl (C=O) groups is 2. The van der Waals surface area contributed by atoms with Gasteiger partial charge in [-0.1, -0.05) is 6.07 Å². The quantitative estimate of drug-likeness (QED) is 0.824. The number of hydrogen-bond donors (Lipinski definition) is 2. The molecule has 0 saturated heterocycles. The maximum Gasteiger partial charge on any atom is 0.339 e. The molecule has 1 aliphatic rings. The Bertz CT molecular complexity index is 493. The van der Waals surface area contributed by atoms with Crippen molar-refractivity contribution in [1.29, 1.82) is 0 Å². The van der Waals surface area contributed by atoms with E-state index in [-0.39, 0.29) is 23.7 Å². The van der Waals surface area contributed by atoms with Crippen LogP contribution in [0.2, 0.25) is 0 Å². The summed E-state index contributed by atoms with van der Waals surface area (Å²) in [5, 5.41) is 18.1. The highest BCUT2D eigenvalue weighted by atomic mass is 16.7. The first-order valence-corrected chi connectivity index (χ1v) is 4.91. The number of fused-ring (bicyclic) bond motifs is 1. The van der Waals surface area contributed by atoms with Crippen molar-refractivity contribution in [3.05, 3.63) is 23.3 Å². The zero-order valence-corrected chi connectivity index (χ0v) is 8.97. The molecule has 2 rings (SSSR count). The first-order chi connectivity index (χ1) is 8.02. The van der Waals surface area contributed by atoms with E-state index < -0.39 is 17.9 Å². The first kappa shape index (κ1) is 11.3. The fourth-order valence-corrected chi connectivity index (χ4v) is 1.70. The van der Waals surface area contributed by atoms with E-state index in [9.17, 15) is 9.59 Å². The standard InChI is InChI=1S/C11H10O6/c1-5(10(12)13)6-2-3-7-9(17-4-16-7)8(6)11(14)15/h2-3,5H,4H2,1H3,(H,12,13)(H,14,15). The molecule has 0 amide bonds. The average Bonchev–Trinajstić information content (AvgIpc) is 2.73. The van der Waals surface area contributed by atoms with E-state index in [0.717, 1.165) is 0 Å². The van der Waals surface area contributed by atoms with Gasteiger partial charge in [0.1, 0.15) is 5.56 Å². The van der Waals surface area contributed by atoms with E-state index in [0.29, 0.717) is 5.75 Å². The van der Waals surface area contributed by atoms with Crippen LogP contribution in [0.15, 0.2) is 12.1 Å². The number of aromatic carboxylic acids is 1. The summed E-state index contributed by atoms with van der Waals surface area (Å²) in [4.78, 5) is 22.1. The molecule has 0 bridgehead atoms. The molecule has 17 heavy (non-hydrogen) atoms. The Morgan fingerprint density at radius 3 is 2.59 bits per heavy atom. The SMILES string of the molecule is CC(C(=O)O)c1ccc2c(c1C(=O)O)OCO2. The molecular weight excluding hydrogens is 228 g/mol. The van der Waals surface area contributed by atoms with Crippen LogP contribution in [0.3, 0.4) is 0 Å². The third-order valence-electron chi connectivity index (χ3n) is 2.62. The highest BCUT2D eigenvalue weighted by Gasteiger charge is 2.29. The fraction of sp³-hybridized carbons (Fsp3) is 0.273. The Hall–Kier alpha value is -2.24. The van der Waals surface area contributed by atoms with Crippen LogP contribution in [0.4, 0.5) is 0 Å². The van der Waals surface area contributed by atoms with E-state index >= 15 is 0 Å². The molecule has 1 unspecified atom stereocenters. The van der Waals surface area contributed by atoms with Crippen molar-refractivity contribution in [2.75, 3.05) is 6.79 Å². The second kappa shape index (κ2) is 3.97. The van der Waals surface area contributed by atoms with Crippen LogP contribution in [0, 0.1) is 0 Å². The molecule has 6 nitrogen and oxygen atoms in total. The number of hydrogen-bond acceptors (Lipinski definition) is 4. The Kier molecular flexibility index (Phi) is 2.63. The minimum atomic E-state index is -1.23. The predicted molar refractivity (Wildman–Crippen MR) is 55.6 cm³/mol. The van der Waals surface area contributed by atoms with Crippen LogP contribution in [0.25, 0.3) is 0 Å². The van der Waals surface area contributed by atoms with Crippen molar-refractivity contribution in [3.8, 4) is 11.5 Å². The van der Waals surface area contributed by atoms with E-state index in [1.807, 2.05) is 0 Å². The van der Waals surface area contributed by atoms with Crippen LogP contribution >= 0.6 is 0 Å². The molecule has 1 aliphatic heterocycles. The minimum absolute atomic E-state index is 0.0550. The van der Waals surface area contributed by atoms with Crippen LogP contribution in [-0.2, 0) is 4.79 Å². The predicted octanol–water partition coefficient (Wildman–Crippen LogP) is 1.30. The van der Waals surface area contributed by atoms with Gasteiger partial charge >= 0.3 is 11.9 Å². The Labute approximate surface area is 96.4 Å². The fourth-order valence-electron chi connectivity index (χ4n) is 1.70. The monoisotopic (exact) mass is 238 g/mol. The minimum Gasteiger partial charge on any atom is -0.481 e. The summed E-state index contributed by atoms with van der Waals surface area (Å²) in [6.07, 6.45) is 0. The average molecular weight is 238 g/mol. The van der Waals surface area contributed by atoms with Crippen molar-refractivity contribution < 1.29 is 29.3 Å². The third kappa shape index (κ3) is 1.77. The normalized spacial score (nSPS) is 14.4. The van der Waals surface area contributed by atoms with Gasteiger partial charge in [0.25, 0.3) is 0 Å². The molecular formula is C11H10O6. The summed E-state index contributed by atoms with van der Waals surface area (Å²) >= 11 is 0. The van der Waals surface area contributed by atoms with Gasteiger partial charge < -0.3 is 19.7 Å². The summed E-state index contributed by atoms with van der Waals surface area (Å²) in [5.74, 6) is -2.82. The van der Waals surface area contributed by atoms with Crippen LogP contribution in [0.5, 0.6) is 11.5 Å². The van der Waals surface area contributed by atoms with Crippen LogP contribution in [0.1, 0.15) is 28.8 Å². The zero-order chi connectivity index (χ0) is 12.6. The van der Waals surface area contributed by atoms with Crippen LogP contribution < -0.4 is 9.47 Å². The highest BCUT2D eigenvalue weighted by molar-refractivity contribution is 5.96.